The summed E-state index contributed by atoms with van der Waals surface area (Å²) in [6.07, 6.45) is 1.35. The molecule has 10 nitrogen and oxygen atoms in total. The average molecular weight is 454 g/mol. The van der Waals surface area contributed by atoms with Gasteiger partial charge in [-0.3, -0.25) is 9.59 Å². The van der Waals surface area contributed by atoms with E-state index in [1.165, 1.54) is 45.8 Å². The van der Waals surface area contributed by atoms with E-state index in [2.05, 4.69) is 10.6 Å². The Morgan fingerprint density at radius 2 is 1.64 bits per heavy atom. The highest BCUT2D eigenvalue weighted by Gasteiger charge is 2.22. The maximum Gasteiger partial charge on any atom is 0.340 e. The molecule has 0 atom stereocenters. The molecule has 1 heterocycles. The molecule has 33 heavy (non-hydrogen) atoms. The normalized spacial score (nSPS) is 10.2. The number of carbonyl (C=O) groups excluding carboxylic acids is 3. The Balaban J connectivity index is 1.75. The third-order valence-electron chi connectivity index (χ3n) is 4.42. The van der Waals surface area contributed by atoms with Crippen LogP contribution < -0.4 is 24.8 Å². The monoisotopic (exact) mass is 454 g/mol. The number of methoxy groups -OCH3 is 3. The Morgan fingerprint density at radius 1 is 0.879 bits per heavy atom. The van der Waals surface area contributed by atoms with Crippen molar-refractivity contribution in [3.63, 3.8) is 0 Å². The molecule has 0 fully saturated rings. The molecule has 3 rings (SSSR count). The summed E-state index contributed by atoms with van der Waals surface area (Å²) in [5, 5.41) is 5.18. The van der Waals surface area contributed by atoms with Crippen molar-refractivity contribution in [2.45, 2.75) is 0 Å². The second-order valence-electron chi connectivity index (χ2n) is 6.54. The van der Waals surface area contributed by atoms with Crippen molar-refractivity contribution < 1.29 is 37.7 Å². The zero-order chi connectivity index (χ0) is 23.8. The number of nitrogens with one attached hydrogen (secondary N) is 2. The van der Waals surface area contributed by atoms with Crippen molar-refractivity contribution in [2.75, 3.05) is 38.6 Å². The van der Waals surface area contributed by atoms with E-state index in [4.69, 9.17) is 23.4 Å². The summed E-state index contributed by atoms with van der Waals surface area (Å²) >= 11 is 0. The highest BCUT2D eigenvalue weighted by Crippen LogP contribution is 2.34. The zero-order valence-corrected chi connectivity index (χ0v) is 18.2. The van der Waals surface area contributed by atoms with Crippen LogP contribution in [-0.4, -0.2) is 45.7 Å². The SMILES string of the molecule is COc1cccc(NC(=O)COC(=O)c2cc(OC)c(OC)cc2NC(=O)c2ccco2)c1. The van der Waals surface area contributed by atoms with Crippen molar-refractivity contribution in [3.05, 3.63) is 66.1 Å². The molecule has 2 amide bonds. The van der Waals surface area contributed by atoms with Crippen molar-refractivity contribution in [1.29, 1.82) is 0 Å². The summed E-state index contributed by atoms with van der Waals surface area (Å²) in [7, 11) is 4.32. The van der Waals surface area contributed by atoms with E-state index < -0.39 is 24.4 Å². The number of amides is 2. The van der Waals surface area contributed by atoms with Crippen LogP contribution in [0.5, 0.6) is 17.2 Å². The fourth-order valence-electron chi connectivity index (χ4n) is 2.85. The van der Waals surface area contributed by atoms with Crippen molar-refractivity contribution in [1.82, 2.24) is 0 Å². The maximum atomic E-state index is 12.8. The summed E-state index contributed by atoms with van der Waals surface area (Å²) in [5.74, 6) is -0.878. The third-order valence-corrected chi connectivity index (χ3v) is 4.42. The van der Waals surface area contributed by atoms with Gasteiger partial charge in [-0.25, -0.2) is 4.79 Å². The molecule has 0 bridgehead atoms. The van der Waals surface area contributed by atoms with E-state index in [0.29, 0.717) is 11.4 Å². The highest BCUT2D eigenvalue weighted by molar-refractivity contribution is 6.07. The number of hydrogen-bond donors (Lipinski definition) is 2. The van der Waals surface area contributed by atoms with Crippen LogP contribution in [0.3, 0.4) is 0 Å². The molecule has 0 unspecified atom stereocenters. The smallest absolute Gasteiger partial charge is 0.340 e. The van der Waals surface area contributed by atoms with E-state index in [0.717, 1.165) is 0 Å². The first kappa shape index (κ1) is 23.2. The lowest BCUT2D eigenvalue weighted by atomic mass is 10.1. The number of esters is 1. The molecular formula is C23H22N2O8. The second kappa shape index (κ2) is 10.7. The lowest BCUT2D eigenvalue weighted by Crippen LogP contribution is -2.22. The van der Waals surface area contributed by atoms with Crippen LogP contribution in [0.15, 0.2) is 59.2 Å². The molecule has 2 aromatic carbocycles. The summed E-state index contributed by atoms with van der Waals surface area (Å²) < 4.78 is 25.8. The molecule has 0 aliphatic rings. The van der Waals surface area contributed by atoms with E-state index >= 15 is 0 Å². The summed E-state index contributed by atoms with van der Waals surface area (Å²) in [6, 6.07) is 12.5. The topological polar surface area (TPSA) is 125 Å². The minimum absolute atomic E-state index is 0.0401. The van der Waals surface area contributed by atoms with Crippen LogP contribution >= 0.6 is 0 Å². The predicted octanol–water partition coefficient (Wildman–Crippen LogP) is 3.35. The first-order valence-corrected chi connectivity index (χ1v) is 9.67. The fraction of sp³-hybridized carbons (Fsp3) is 0.174. The van der Waals surface area contributed by atoms with Gasteiger partial charge in [-0.05, 0) is 24.3 Å². The van der Waals surface area contributed by atoms with E-state index in [1.807, 2.05) is 0 Å². The van der Waals surface area contributed by atoms with Gasteiger partial charge in [0.05, 0.1) is 38.8 Å². The molecule has 1 aromatic heterocycles. The first-order chi connectivity index (χ1) is 15.9. The molecule has 3 aromatic rings. The number of anilines is 2. The number of furan rings is 1. The summed E-state index contributed by atoms with van der Waals surface area (Å²) in [5.41, 5.74) is 0.530. The van der Waals surface area contributed by atoms with Crippen LogP contribution in [0.25, 0.3) is 0 Å². The highest BCUT2D eigenvalue weighted by atomic mass is 16.5. The van der Waals surface area contributed by atoms with Crippen molar-refractivity contribution in [3.8, 4) is 17.2 Å². The van der Waals surface area contributed by atoms with Crippen molar-refractivity contribution in [2.24, 2.45) is 0 Å². The molecule has 172 valence electrons. The maximum absolute atomic E-state index is 12.8. The van der Waals surface area contributed by atoms with Crippen LogP contribution in [-0.2, 0) is 9.53 Å². The largest absolute Gasteiger partial charge is 0.497 e. The van der Waals surface area contributed by atoms with E-state index in [9.17, 15) is 14.4 Å². The number of benzene rings is 2. The lowest BCUT2D eigenvalue weighted by molar-refractivity contribution is -0.119. The van der Waals surface area contributed by atoms with Gasteiger partial charge in [0.1, 0.15) is 5.75 Å². The van der Waals surface area contributed by atoms with Crippen LogP contribution in [0, 0.1) is 0 Å². The lowest BCUT2D eigenvalue weighted by Gasteiger charge is -2.15. The molecule has 0 saturated heterocycles. The van der Waals surface area contributed by atoms with Gasteiger partial charge in [0.15, 0.2) is 23.9 Å². The minimum Gasteiger partial charge on any atom is -0.497 e. The Hall–Kier alpha value is -4.47. The van der Waals surface area contributed by atoms with Gasteiger partial charge >= 0.3 is 5.97 Å². The van der Waals surface area contributed by atoms with Gasteiger partial charge in [0.25, 0.3) is 11.8 Å². The van der Waals surface area contributed by atoms with Gasteiger partial charge in [-0.2, -0.15) is 0 Å². The van der Waals surface area contributed by atoms with Gasteiger partial charge in [0.2, 0.25) is 0 Å². The first-order valence-electron chi connectivity index (χ1n) is 9.67. The van der Waals surface area contributed by atoms with E-state index in [-0.39, 0.29) is 28.5 Å². The summed E-state index contributed by atoms with van der Waals surface area (Å²) in [6.45, 7) is -0.560. The number of carbonyl (C=O) groups is 3. The molecule has 2 N–H and O–H groups in total. The molecule has 0 spiro atoms. The Morgan fingerprint density at radius 3 is 2.30 bits per heavy atom. The Labute approximate surface area is 189 Å². The second-order valence-corrected chi connectivity index (χ2v) is 6.54. The van der Waals surface area contributed by atoms with Crippen LogP contribution in [0.1, 0.15) is 20.9 Å². The molecule has 0 radical (unpaired) electrons. The molecule has 0 aliphatic heterocycles. The average Bonchev–Trinajstić information content (AvgIpc) is 3.37. The predicted molar refractivity (Wildman–Crippen MR) is 118 cm³/mol. The third kappa shape index (κ3) is 5.82. The Kier molecular flexibility index (Phi) is 7.53. The fourth-order valence-corrected chi connectivity index (χ4v) is 2.85. The van der Waals surface area contributed by atoms with Crippen LogP contribution in [0.4, 0.5) is 11.4 Å². The number of hydrogen-bond acceptors (Lipinski definition) is 8. The van der Waals surface area contributed by atoms with Gasteiger partial charge in [-0.1, -0.05) is 6.07 Å². The molecule has 0 saturated carbocycles. The quantitative estimate of drug-likeness (QED) is 0.472. The Bertz CT molecular complexity index is 1140. The standard InChI is InChI=1S/C23H22N2O8/c1-29-15-7-4-6-14(10-15)24-21(26)13-33-23(28)16-11-19(30-2)20(31-3)12-17(16)25-22(27)18-8-5-9-32-18/h4-12H,13H2,1-3H3,(H,24,26)(H,25,27). The van der Waals surface area contributed by atoms with Crippen LogP contribution in [0.2, 0.25) is 0 Å². The van der Waals surface area contributed by atoms with Gasteiger partial charge in [0, 0.05) is 23.9 Å². The number of rotatable bonds is 9. The summed E-state index contributed by atoms with van der Waals surface area (Å²) in [4.78, 5) is 37.4. The molecule has 0 aliphatic carbocycles. The van der Waals surface area contributed by atoms with Gasteiger partial charge in [-0.15, -0.1) is 0 Å². The van der Waals surface area contributed by atoms with Crippen molar-refractivity contribution >= 4 is 29.2 Å². The zero-order valence-electron chi connectivity index (χ0n) is 18.2. The van der Waals surface area contributed by atoms with E-state index in [1.54, 1.807) is 30.3 Å². The van der Waals surface area contributed by atoms with Gasteiger partial charge < -0.3 is 34.0 Å². The number of ether oxygens (including phenoxy) is 4. The minimum atomic E-state index is -0.855. The molecule has 10 heteroatoms. The molecular weight excluding hydrogens is 432 g/mol.